The summed E-state index contributed by atoms with van der Waals surface area (Å²) >= 11 is 0. The molecule has 4 nitrogen and oxygen atoms in total. The Labute approximate surface area is 126 Å². The second-order valence-corrected chi connectivity index (χ2v) is 7.14. The van der Waals surface area contributed by atoms with Crippen molar-refractivity contribution in [2.24, 2.45) is 22.2 Å². The van der Waals surface area contributed by atoms with E-state index in [1.165, 1.54) is 14.2 Å². The molecule has 1 fully saturated rings. The van der Waals surface area contributed by atoms with Crippen LogP contribution in [0.3, 0.4) is 0 Å². The number of methoxy groups -OCH3 is 2. The van der Waals surface area contributed by atoms with Crippen LogP contribution in [0, 0.1) is 22.2 Å². The van der Waals surface area contributed by atoms with Crippen LogP contribution in [0.1, 0.15) is 46.5 Å². The van der Waals surface area contributed by atoms with Crippen molar-refractivity contribution in [1.82, 2.24) is 0 Å². The molecule has 0 radical (unpaired) electrons. The maximum absolute atomic E-state index is 12.6. The zero-order valence-corrected chi connectivity index (χ0v) is 13.7. The molecule has 3 aliphatic carbocycles. The normalized spacial score (nSPS) is 37.6. The third kappa shape index (κ3) is 2.19. The smallest absolute Gasteiger partial charge is 0.313 e. The van der Waals surface area contributed by atoms with E-state index in [0.29, 0.717) is 12.3 Å². The van der Waals surface area contributed by atoms with Gasteiger partial charge in [-0.1, -0.05) is 32.9 Å². The molecule has 0 saturated heterocycles. The topological polar surface area (TPSA) is 52.6 Å². The molecule has 3 rings (SSSR count). The van der Waals surface area contributed by atoms with Gasteiger partial charge in [-0.05, 0) is 30.6 Å². The number of allylic oxidation sites excluding steroid dienone is 2. The molecule has 3 unspecified atom stereocenters. The molecule has 1 saturated carbocycles. The lowest BCUT2D eigenvalue weighted by Gasteiger charge is -2.59. The van der Waals surface area contributed by atoms with Crippen LogP contribution in [-0.4, -0.2) is 26.2 Å². The molecule has 2 bridgehead atoms. The highest BCUT2D eigenvalue weighted by Gasteiger charge is 2.63. The number of carbonyl (C=O) groups is 2. The predicted octanol–water partition coefficient (Wildman–Crippen LogP) is 3.11. The Morgan fingerprint density at radius 3 is 2.24 bits per heavy atom. The van der Waals surface area contributed by atoms with Crippen molar-refractivity contribution in [3.05, 3.63) is 12.2 Å². The Morgan fingerprint density at radius 1 is 1.14 bits per heavy atom. The van der Waals surface area contributed by atoms with Crippen LogP contribution in [0.25, 0.3) is 0 Å². The molecule has 3 aliphatic rings. The van der Waals surface area contributed by atoms with Gasteiger partial charge in [0.15, 0.2) is 0 Å². The van der Waals surface area contributed by atoms with Gasteiger partial charge in [0, 0.05) is 5.41 Å². The minimum atomic E-state index is -0.813. The van der Waals surface area contributed by atoms with Crippen molar-refractivity contribution in [3.63, 3.8) is 0 Å². The molecule has 0 spiro atoms. The van der Waals surface area contributed by atoms with Gasteiger partial charge in [-0.15, -0.1) is 0 Å². The first-order valence-electron chi connectivity index (χ1n) is 7.61. The van der Waals surface area contributed by atoms with Gasteiger partial charge < -0.3 is 9.47 Å². The maximum atomic E-state index is 12.6. The maximum Gasteiger partial charge on any atom is 0.313 e. The monoisotopic (exact) mass is 294 g/mol. The molecule has 0 amide bonds. The zero-order chi connectivity index (χ0) is 15.9. The van der Waals surface area contributed by atoms with E-state index in [1.807, 2.05) is 0 Å². The Bertz CT molecular complexity index is 481. The average Bonchev–Trinajstić information content (AvgIpc) is 2.47. The molecule has 0 heterocycles. The Balaban J connectivity index is 2.52. The van der Waals surface area contributed by atoms with Crippen molar-refractivity contribution < 1.29 is 19.1 Å². The number of rotatable bonds is 4. The van der Waals surface area contributed by atoms with Gasteiger partial charge in [0.25, 0.3) is 0 Å². The van der Waals surface area contributed by atoms with Gasteiger partial charge in [-0.3, -0.25) is 9.59 Å². The molecule has 4 heteroatoms. The fourth-order valence-corrected chi connectivity index (χ4v) is 4.16. The summed E-state index contributed by atoms with van der Waals surface area (Å²) in [6, 6.07) is 0. The molecule has 0 N–H and O–H groups in total. The van der Waals surface area contributed by atoms with Crippen molar-refractivity contribution in [2.75, 3.05) is 14.2 Å². The Kier molecular flexibility index (Phi) is 3.94. The summed E-state index contributed by atoms with van der Waals surface area (Å²) in [6.07, 6.45) is 7.10. The number of ether oxygens (including phenoxy) is 2. The predicted molar refractivity (Wildman–Crippen MR) is 79.5 cm³/mol. The van der Waals surface area contributed by atoms with Gasteiger partial charge in [0.1, 0.15) is 0 Å². The van der Waals surface area contributed by atoms with Crippen molar-refractivity contribution in [1.29, 1.82) is 0 Å². The fraction of sp³-hybridized carbons (Fsp3) is 0.765. The van der Waals surface area contributed by atoms with Gasteiger partial charge in [-0.2, -0.15) is 0 Å². The summed E-state index contributed by atoms with van der Waals surface area (Å²) in [7, 11) is 2.77. The quantitative estimate of drug-likeness (QED) is 0.590. The minimum absolute atomic E-state index is 0.0278. The van der Waals surface area contributed by atoms with Crippen LogP contribution >= 0.6 is 0 Å². The van der Waals surface area contributed by atoms with Crippen molar-refractivity contribution >= 4 is 11.9 Å². The van der Waals surface area contributed by atoms with E-state index in [4.69, 9.17) is 9.47 Å². The van der Waals surface area contributed by atoms with Gasteiger partial charge in [0.2, 0.25) is 0 Å². The summed E-state index contributed by atoms with van der Waals surface area (Å²) in [4.78, 5) is 24.6. The van der Waals surface area contributed by atoms with E-state index >= 15 is 0 Å². The summed E-state index contributed by atoms with van der Waals surface area (Å²) < 4.78 is 9.95. The molecule has 0 aromatic carbocycles. The number of fused-ring (bicyclic) bond motifs is 2. The summed E-state index contributed by atoms with van der Waals surface area (Å²) in [5.41, 5.74) is -1.18. The first-order chi connectivity index (χ1) is 9.75. The van der Waals surface area contributed by atoms with Crippen LogP contribution in [-0.2, 0) is 19.1 Å². The molecular formula is C17H26O4. The van der Waals surface area contributed by atoms with E-state index in [1.54, 1.807) is 0 Å². The highest BCUT2D eigenvalue weighted by molar-refractivity contribution is 5.85. The Morgan fingerprint density at radius 2 is 1.81 bits per heavy atom. The summed E-state index contributed by atoms with van der Waals surface area (Å²) in [5, 5.41) is 0. The van der Waals surface area contributed by atoms with E-state index in [0.717, 1.165) is 12.8 Å². The van der Waals surface area contributed by atoms with Crippen molar-refractivity contribution in [2.45, 2.75) is 46.5 Å². The first-order valence-corrected chi connectivity index (χ1v) is 7.61. The third-order valence-corrected chi connectivity index (χ3v) is 6.02. The number of carbonyl (C=O) groups excluding carboxylic acids is 2. The van der Waals surface area contributed by atoms with Crippen molar-refractivity contribution in [3.8, 4) is 0 Å². The first kappa shape index (κ1) is 16.1. The largest absolute Gasteiger partial charge is 0.469 e. The number of esters is 2. The molecule has 0 aromatic heterocycles. The standard InChI is InChI=1S/C17H26O4/c1-12(2)16-8-6-15(3,7-9-16)17(11-16,14(19)21-5)10-13(18)20-4/h6,8,12H,7,9-11H2,1-5H3. The fourth-order valence-electron chi connectivity index (χ4n) is 4.16. The molecule has 118 valence electrons. The second kappa shape index (κ2) is 5.15. The van der Waals surface area contributed by atoms with Gasteiger partial charge in [0.05, 0.1) is 26.1 Å². The lowest BCUT2D eigenvalue weighted by molar-refractivity contribution is -0.178. The Hall–Kier alpha value is -1.32. The molecular weight excluding hydrogens is 268 g/mol. The summed E-state index contributed by atoms with van der Waals surface area (Å²) in [6.45, 7) is 6.42. The van der Waals surface area contributed by atoms with Crippen LogP contribution < -0.4 is 0 Å². The minimum Gasteiger partial charge on any atom is -0.469 e. The van der Waals surface area contributed by atoms with Crippen LogP contribution in [0.2, 0.25) is 0 Å². The molecule has 0 aromatic rings. The molecule has 21 heavy (non-hydrogen) atoms. The second-order valence-electron chi connectivity index (χ2n) is 7.14. The lowest BCUT2D eigenvalue weighted by Crippen LogP contribution is -2.57. The van der Waals surface area contributed by atoms with E-state index in [2.05, 4.69) is 32.9 Å². The van der Waals surface area contributed by atoms with Crippen LogP contribution in [0.4, 0.5) is 0 Å². The number of hydrogen-bond donors (Lipinski definition) is 0. The highest BCUT2D eigenvalue weighted by atomic mass is 16.5. The van der Waals surface area contributed by atoms with Gasteiger partial charge in [-0.25, -0.2) is 0 Å². The van der Waals surface area contributed by atoms with Gasteiger partial charge >= 0.3 is 11.9 Å². The van der Waals surface area contributed by atoms with E-state index in [9.17, 15) is 9.59 Å². The zero-order valence-electron chi connectivity index (χ0n) is 13.7. The van der Waals surface area contributed by atoms with E-state index in [-0.39, 0.29) is 29.2 Å². The van der Waals surface area contributed by atoms with E-state index < -0.39 is 5.41 Å². The third-order valence-electron chi connectivity index (χ3n) is 6.02. The lowest BCUT2D eigenvalue weighted by atomic mass is 9.43. The summed E-state index contributed by atoms with van der Waals surface area (Å²) in [5.74, 6) is -0.216. The molecule has 0 aliphatic heterocycles. The van der Waals surface area contributed by atoms with Crippen LogP contribution in [0.5, 0.6) is 0 Å². The van der Waals surface area contributed by atoms with Crippen LogP contribution in [0.15, 0.2) is 12.2 Å². The number of hydrogen-bond acceptors (Lipinski definition) is 4. The molecule has 3 atom stereocenters. The highest BCUT2D eigenvalue weighted by Crippen LogP contribution is 2.65. The average molecular weight is 294 g/mol. The SMILES string of the molecule is COC(=O)CC1(C(=O)OC)CC2(C(C)C)C=CC1(C)CC2.